The van der Waals surface area contributed by atoms with Gasteiger partial charge in [-0.25, -0.2) is 4.79 Å². The summed E-state index contributed by atoms with van der Waals surface area (Å²) in [5.41, 5.74) is 1.13. The average Bonchev–Trinajstić information content (AvgIpc) is 2.54. The molecule has 2 aromatic carbocycles. The molecule has 0 heterocycles. The minimum Gasteiger partial charge on any atom is -0.492 e. The molecule has 2 amide bonds. The van der Waals surface area contributed by atoms with Crippen molar-refractivity contribution < 1.29 is 9.53 Å². The largest absolute Gasteiger partial charge is 0.492 e. The molecule has 2 rings (SSSR count). The fraction of sp³-hybridized carbons (Fsp3) is 0.235. The van der Waals surface area contributed by atoms with Gasteiger partial charge in [0.15, 0.2) is 0 Å². The zero-order valence-corrected chi connectivity index (χ0v) is 14.9. The van der Waals surface area contributed by atoms with Gasteiger partial charge in [-0.3, -0.25) is 0 Å². The molecule has 2 aromatic rings. The maximum atomic E-state index is 11.6. The fourth-order valence-corrected chi connectivity index (χ4v) is 2.43. The van der Waals surface area contributed by atoms with Gasteiger partial charge in [-0.15, -0.1) is 0 Å². The molecular weight excluding hydrogens is 380 g/mol. The summed E-state index contributed by atoms with van der Waals surface area (Å²) in [6, 6.07) is 15.0. The number of ether oxygens (including phenoxy) is 1. The summed E-state index contributed by atoms with van der Waals surface area (Å²) in [4.78, 5) is 11.6. The molecule has 0 aliphatic rings. The van der Waals surface area contributed by atoms with E-state index in [-0.39, 0.29) is 6.03 Å². The number of nitrogens with one attached hydrogen (secondary N) is 2. The molecule has 0 aromatic heterocycles. The third kappa shape index (κ3) is 6.93. The van der Waals surface area contributed by atoms with Crippen molar-refractivity contribution in [2.75, 3.05) is 19.7 Å². The predicted molar refractivity (Wildman–Crippen MR) is 96.2 cm³/mol. The van der Waals surface area contributed by atoms with Crippen LogP contribution in [-0.2, 0) is 6.42 Å². The van der Waals surface area contributed by atoms with Crippen LogP contribution >= 0.6 is 27.5 Å². The highest BCUT2D eigenvalue weighted by Gasteiger charge is 2.00. The third-order valence-corrected chi connectivity index (χ3v) is 3.81. The molecule has 0 saturated heterocycles. The molecule has 2 N–H and O–H groups in total. The first-order valence-corrected chi connectivity index (χ1v) is 8.45. The minimum absolute atomic E-state index is 0.197. The van der Waals surface area contributed by atoms with Gasteiger partial charge in [-0.1, -0.05) is 45.7 Å². The molecule has 6 heteroatoms. The Morgan fingerprint density at radius 1 is 1.09 bits per heavy atom. The van der Waals surface area contributed by atoms with Gasteiger partial charge >= 0.3 is 6.03 Å². The van der Waals surface area contributed by atoms with E-state index in [1.54, 1.807) is 0 Å². The highest BCUT2D eigenvalue weighted by Crippen LogP contribution is 2.17. The number of halogens is 2. The van der Waals surface area contributed by atoms with Crippen LogP contribution in [0.5, 0.6) is 5.75 Å². The van der Waals surface area contributed by atoms with Crippen LogP contribution in [0.15, 0.2) is 53.0 Å². The second-order valence-corrected chi connectivity index (χ2v) is 6.22. The number of amides is 2. The third-order valence-electron chi connectivity index (χ3n) is 3.06. The zero-order chi connectivity index (χ0) is 16.5. The van der Waals surface area contributed by atoms with E-state index in [9.17, 15) is 4.79 Å². The van der Waals surface area contributed by atoms with Gasteiger partial charge in [-0.2, -0.15) is 0 Å². The number of hydrogen-bond donors (Lipinski definition) is 2. The molecule has 0 radical (unpaired) electrons. The number of carbonyl (C=O) groups excluding carboxylic acids is 1. The molecule has 0 saturated carbocycles. The summed E-state index contributed by atoms with van der Waals surface area (Å²) >= 11 is 9.20. The molecule has 0 unspecified atom stereocenters. The standard InChI is InChI=1S/C17H18BrClN2O2/c18-14-2-1-3-16(12-14)23-11-10-21-17(22)20-9-8-13-4-6-15(19)7-5-13/h1-7,12H,8-11H2,(H2,20,21,22). The lowest BCUT2D eigenvalue weighted by molar-refractivity contribution is 0.236. The van der Waals surface area contributed by atoms with Crippen LogP contribution in [0.2, 0.25) is 5.02 Å². The monoisotopic (exact) mass is 396 g/mol. The van der Waals surface area contributed by atoms with E-state index in [2.05, 4.69) is 26.6 Å². The smallest absolute Gasteiger partial charge is 0.314 e. The lowest BCUT2D eigenvalue weighted by Gasteiger charge is -2.09. The first-order chi connectivity index (χ1) is 11.1. The molecular formula is C17H18BrClN2O2. The van der Waals surface area contributed by atoms with Gasteiger partial charge in [0.2, 0.25) is 0 Å². The second kappa shape index (κ2) is 9.43. The summed E-state index contributed by atoms with van der Waals surface area (Å²) in [6.45, 7) is 1.43. The first kappa shape index (κ1) is 17.6. The highest BCUT2D eigenvalue weighted by molar-refractivity contribution is 9.10. The normalized spacial score (nSPS) is 10.2. The van der Waals surface area contributed by atoms with E-state index in [1.165, 1.54) is 0 Å². The zero-order valence-electron chi connectivity index (χ0n) is 12.5. The van der Waals surface area contributed by atoms with Crippen molar-refractivity contribution in [3.05, 3.63) is 63.6 Å². The average molecular weight is 398 g/mol. The molecule has 0 spiro atoms. The van der Waals surface area contributed by atoms with E-state index in [0.29, 0.717) is 24.7 Å². The van der Waals surface area contributed by atoms with Gasteiger partial charge in [0.1, 0.15) is 12.4 Å². The topological polar surface area (TPSA) is 50.4 Å². The van der Waals surface area contributed by atoms with E-state index in [4.69, 9.17) is 16.3 Å². The minimum atomic E-state index is -0.197. The summed E-state index contributed by atoms with van der Waals surface area (Å²) in [5, 5.41) is 6.28. The summed E-state index contributed by atoms with van der Waals surface area (Å²) < 4.78 is 6.50. The second-order valence-electron chi connectivity index (χ2n) is 4.86. The molecule has 0 fully saturated rings. The van der Waals surface area contributed by atoms with Crippen LogP contribution in [0.3, 0.4) is 0 Å². The van der Waals surface area contributed by atoms with Crippen LogP contribution in [-0.4, -0.2) is 25.7 Å². The quantitative estimate of drug-likeness (QED) is 0.693. The first-order valence-electron chi connectivity index (χ1n) is 7.28. The Hall–Kier alpha value is -1.72. The Bertz CT molecular complexity index is 635. The summed E-state index contributed by atoms with van der Waals surface area (Å²) in [7, 11) is 0. The fourth-order valence-electron chi connectivity index (χ4n) is 1.92. The van der Waals surface area contributed by atoms with Crippen molar-refractivity contribution in [1.82, 2.24) is 10.6 Å². The number of benzene rings is 2. The Labute approximate surface area is 149 Å². The highest BCUT2D eigenvalue weighted by atomic mass is 79.9. The Kier molecular flexibility index (Phi) is 7.23. The Morgan fingerprint density at radius 2 is 1.83 bits per heavy atom. The van der Waals surface area contributed by atoms with E-state index in [0.717, 1.165) is 22.2 Å². The Balaban J connectivity index is 1.57. The summed E-state index contributed by atoms with van der Waals surface area (Å²) in [6.07, 6.45) is 0.763. The molecule has 0 aliphatic carbocycles. The van der Waals surface area contributed by atoms with Gasteiger partial charge in [0, 0.05) is 16.0 Å². The molecule has 4 nitrogen and oxygen atoms in total. The number of hydrogen-bond acceptors (Lipinski definition) is 2. The van der Waals surface area contributed by atoms with Gasteiger partial charge in [0.05, 0.1) is 6.54 Å². The van der Waals surface area contributed by atoms with E-state index in [1.807, 2.05) is 48.5 Å². The van der Waals surface area contributed by atoms with Crippen molar-refractivity contribution >= 4 is 33.6 Å². The van der Waals surface area contributed by atoms with Gasteiger partial charge in [-0.05, 0) is 42.3 Å². The number of rotatable bonds is 7. The molecule has 122 valence electrons. The molecule has 23 heavy (non-hydrogen) atoms. The van der Waals surface area contributed by atoms with Crippen LogP contribution in [0, 0.1) is 0 Å². The molecule has 0 atom stereocenters. The van der Waals surface area contributed by atoms with Crippen molar-refractivity contribution in [2.45, 2.75) is 6.42 Å². The number of urea groups is 1. The van der Waals surface area contributed by atoms with Gasteiger partial charge < -0.3 is 15.4 Å². The van der Waals surface area contributed by atoms with E-state index < -0.39 is 0 Å². The van der Waals surface area contributed by atoms with Crippen LogP contribution in [0.4, 0.5) is 4.79 Å². The van der Waals surface area contributed by atoms with Crippen molar-refractivity contribution in [3.8, 4) is 5.75 Å². The van der Waals surface area contributed by atoms with Crippen molar-refractivity contribution in [1.29, 1.82) is 0 Å². The predicted octanol–water partition coefficient (Wildman–Crippen LogP) is 4.02. The van der Waals surface area contributed by atoms with Crippen molar-refractivity contribution in [3.63, 3.8) is 0 Å². The lowest BCUT2D eigenvalue weighted by Crippen LogP contribution is -2.38. The SMILES string of the molecule is O=C(NCCOc1cccc(Br)c1)NCCc1ccc(Cl)cc1. The van der Waals surface area contributed by atoms with Gasteiger partial charge in [0.25, 0.3) is 0 Å². The van der Waals surface area contributed by atoms with Crippen LogP contribution in [0.1, 0.15) is 5.56 Å². The molecule has 0 bridgehead atoms. The molecule has 0 aliphatic heterocycles. The van der Waals surface area contributed by atoms with E-state index >= 15 is 0 Å². The van der Waals surface area contributed by atoms with Crippen LogP contribution < -0.4 is 15.4 Å². The number of carbonyl (C=O) groups is 1. The Morgan fingerprint density at radius 3 is 2.57 bits per heavy atom. The lowest BCUT2D eigenvalue weighted by atomic mass is 10.1. The van der Waals surface area contributed by atoms with Crippen LogP contribution in [0.25, 0.3) is 0 Å². The summed E-state index contributed by atoms with van der Waals surface area (Å²) in [5.74, 6) is 0.768. The van der Waals surface area contributed by atoms with Crippen molar-refractivity contribution in [2.24, 2.45) is 0 Å². The maximum absolute atomic E-state index is 11.6. The maximum Gasteiger partial charge on any atom is 0.314 e.